The first-order valence-corrected chi connectivity index (χ1v) is 4.77. The summed E-state index contributed by atoms with van der Waals surface area (Å²) in [5, 5.41) is 0.693. The first-order valence-electron chi connectivity index (χ1n) is 4.39. The van der Waals surface area contributed by atoms with E-state index in [1.54, 1.807) is 7.11 Å². The molecule has 0 bridgehead atoms. The molecule has 0 aliphatic heterocycles. The summed E-state index contributed by atoms with van der Waals surface area (Å²) in [4.78, 5) is 1.99. The van der Waals surface area contributed by atoms with Crippen LogP contribution in [0.1, 0.15) is 11.6 Å². The van der Waals surface area contributed by atoms with E-state index in [0.717, 1.165) is 11.3 Å². The Balaban J connectivity index is 3.16. The molecule has 0 saturated carbocycles. The lowest BCUT2D eigenvalue weighted by Gasteiger charge is -2.23. The number of hydrogen-bond donors (Lipinski definition) is 0. The fourth-order valence-corrected chi connectivity index (χ4v) is 1.57. The first-order chi connectivity index (χ1) is 6.57. The predicted molar refractivity (Wildman–Crippen MR) is 59.8 cm³/mol. The van der Waals surface area contributed by atoms with E-state index in [-0.39, 0.29) is 6.04 Å². The van der Waals surface area contributed by atoms with Crippen molar-refractivity contribution in [2.45, 2.75) is 6.04 Å². The fourth-order valence-electron chi connectivity index (χ4n) is 1.28. The maximum absolute atomic E-state index is 6.10. The zero-order chi connectivity index (χ0) is 10.7. The van der Waals surface area contributed by atoms with Gasteiger partial charge in [-0.1, -0.05) is 17.7 Å². The standard InChI is InChI=1S/C11H15ClNO/c1-8(13(2)3)11-9(12)6-5-7-10(11)14-4/h5-8H,1H2,2-4H3. The molecule has 1 radical (unpaired) electrons. The van der Waals surface area contributed by atoms with Gasteiger partial charge < -0.3 is 9.64 Å². The molecule has 1 aromatic carbocycles. The van der Waals surface area contributed by atoms with Gasteiger partial charge in [0.2, 0.25) is 0 Å². The molecule has 0 aliphatic carbocycles. The second-order valence-corrected chi connectivity index (χ2v) is 3.74. The molecular formula is C11H15ClNO. The normalized spacial score (nSPS) is 13.0. The van der Waals surface area contributed by atoms with Gasteiger partial charge >= 0.3 is 0 Å². The highest BCUT2D eigenvalue weighted by Crippen LogP contribution is 2.33. The molecular weight excluding hydrogens is 198 g/mol. The number of benzene rings is 1. The summed E-state index contributed by atoms with van der Waals surface area (Å²) in [6.45, 7) is 4.04. The van der Waals surface area contributed by atoms with Crippen molar-refractivity contribution in [3.8, 4) is 5.75 Å². The first kappa shape index (κ1) is 11.3. The highest BCUT2D eigenvalue weighted by molar-refractivity contribution is 6.31. The van der Waals surface area contributed by atoms with Gasteiger partial charge in [-0.3, -0.25) is 0 Å². The minimum absolute atomic E-state index is 0.00125. The molecule has 0 aliphatic rings. The van der Waals surface area contributed by atoms with Crippen molar-refractivity contribution in [2.24, 2.45) is 0 Å². The van der Waals surface area contributed by atoms with Gasteiger partial charge in [0.25, 0.3) is 0 Å². The van der Waals surface area contributed by atoms with E-state index in [2.05, 4.69) is 6.92 Å². The molecule has 1 rings (SSSR count). The van der Waals surface area contributed by atoms with Gasteiger partial charge in [-0.2, -0.15) is 0 Å². The van der Waals surface area contributed by atoms with Gasteiger partial charge in [0.15, 0.2) is 0 Å². The van der Waals surface area contributed by atoms with E-state index in [1.165, 1.54) is 0 Å². The molecule has 0 spiro atoms. The van der Waals surface area contributed by atoms with Crippen LogP contribution in [0, 0.1) is 6.92 Å². The predicted octanol–water partition coefficient (Wildman–Crippen LogP) is 2.79. The lowest BCUT2D eigenvalue weighted by molar-refractivity contribution is 0.332. The van der Waals surface area contributed by atoms with E-state index in [0.29, 0.717) is 5.02 Å². The Morgan fingerprint density at radius 2 is 2.07 bits per heavy atom. The van der Waals surface area contributed by atoms with Gasteiger partial charge in [0, 0.05) is 16.6 Å². The van der Waals surface area contributed by atoms with Crippen molar-refractivity contribution in [3.05, 3.63) is 35.7 Å². The highest BCUT2D eigenvalue weighted by Gasteiger charge is 2.16. The van der Waals surface area contributed by atoms with Crippen LogP contribution < -0.4 is 4.74 Å². The molecule has 2 nitrogen and oxygen atoms in total. The third-order valence-corrected chi connectivity index (χ3v) is 2.52. The van der Waals surface area contributed by atoms with Crippen LogP contribution in [0.4, 0.5) is 0 Å². The van der Waals surface area contributed by atoms with Gasteiger partial charge in [0.1, 0.15) is 5.75 Å². The molecule has 77 valence electrons. The maximum Gasteiger partial charge on any atom is 0.125 e. The van der Waals surface area contributed by atoms with Gasteiger partial charge in [-0.15, -0.1) is 0 Å². The Bertz CT molecular complexity index is 312. The van der Waals surface area contributed by atoms with Crippen LogP contribution >= 0.6 is 11.6 Å². The lowest BCUT2D eigenvalue weighted by atomic mass is 10.1. The molecule has 14 heavy (non-hydrogen) atoms. The molecule has 1 atom stereocenters. The van der Waals surface area contributed by atoms with Crippen LogP contribution in [0.2, 0.25) is 5.02 Å². The molecule has 0 amide bonds. The number of hydrogen-bond acceptors (Lipinski definition) is 2. The number of ether oxygens (including phenoxy) is 1. The van der Waals surface area contributed by atoms with E-state index in [1.807, 2.05) is 37.2 Å². The smallest absolute Gasteiger partial charge is 0.125 e. The Morgan fingerprint density at radius 3 is 2.57 bits per heavy atom. The van der Waals surface area contributed by atoms with E-state index in [9.17, 15) is 0 Å². The molecule has 0 saturated heterocycles. The SMILES string of the molecule is [CH2]C(c1c(Cl)cccc1OC)N(C)C. The van der Waals surface area contributed by atoms with E-state index < -0.39 is 0 Å². The van der Waals surface area contributed by atoms with Crippen LogP contribution in [0.5, 0.6) is 5.75 Å². The summed E-state index contributed by atoms with van der Waals surface area (Å²) in [5.74, 6) is 0.784. The minimum Gasteiger partial charge on any atom is -0.496 e. The van der Waals surface area contributed by atoms with Gasteiger partial charge in [-0.05, 0) is 33.2 Å². The third kappa shape index (κ3) is 2.20. The highest BCUT2D eigenvalue weighted by atomic mass is 35.5. The average Bonchev–Trinajstić information content (AvgIpc) is 2.16. The summed E-state index contributed by atoms with van der Waals surface area (Å²) in [5.41, 5.74) is 0.932. The summed E-state index contributed by atoms with van der Waals surface area (Å²) in [6.07, 6.45) is 0. The quantitative estimate of drug-likeness (QED) is 0.764. The molecule has 1 unspecified atom stereocenters. The van der Waals surface area contributed by atoms with Crippen molar-refractivity contribution < 1.29 is 4.74 Å². The van der Waals surface area contributed by atoms with Gasteiger partial charge in [0.05, 0.1) is 7.11 Å². The molecule has 0 fully saturated rings. The largest absolute Gasteiger partial charge is 0.496 e. The van der Waals surface area contributed by atoms with E-state index >= 15 is 0 Å². The zero-order valence-corrected chi connectivity index (χ0v) is 9.51. The summed E-state index contributed by atoms with van der Waals surface area (Å²) in [7, 11) is 5.55. The van der Waals surface area contributed by atoms with Crippen molar-refractivity contribution in [2.75, 3.05) is 21.2 Å². The van der Waals surface area contributed by atoms with E-state index in [4.69, 9.17) is 16.3 Å². The zero-order valence-electron chi connectivity index (χ0n) is 8.75. The van der Waals surface area contributed by atoms with Crippen molar-refractivity contribution in [3.63, 3.8) is 0 Å². The Kier molecular flexibility index (Phi) is 3.78. The average molecular weight is 213 g/mol. The number of nitrogens with zero attached hydrogens (tertiary/aromatic N) is 1. The Hall–Kier alpha value is -0.730. The minimum atomic E-state index is -0.00125. The van der Waals surface area contributed by atoms with Crippen LogP contribution in [0.25, 0.3) is 0 Å². The van der Waals surface area contributed by atoms with Crippen LogP contribution in [0.3, 0.4) is 0 Å². The Labute approximate surface area is 90.4 Å². The van der Waals surface area contributed by atoms with Crippen molar-refractivity contribution in [1.82, 2.24) is 4.90 Å². The van der Waals surface area contributed by atoms with Gasteiger partial charge in [-0.25, -0.2) is 0 Å². The number of rotatable bonds is 3. The molecule has 3 heteroatoms. The number of methoxy groups -OCH3 is 1. The molecule has 0 N–H and O–H groups in total. The molecule has 0 aromatic heterocycles. The number of halogens is 1. The molecule has 1 aromatic rings. The van der Waals surface area contributed by atoms with Crippen LogP contribution in [-0.2, 0) is 0 Å². The maximum atomic E-state index is 6.10. The second-order valence-electron chi connectivity index (χ2n) is 3.34. The summed E-state index contributed by atoms with van der Waals surface area (Å²) in [6, 6.07) is 5.61. The van der Waals surface area contributed by atoms with Crippen molar-refractivity contribution >= 4 is 11.6 Å². The van der Waals surface area contributed by atoms with Crippen molar-refractivity contribution in [1.29, 1.82) is 0 Å². The second kappa shape index (κ2) is 4.67. The third-order valence-electron chi connectivity index (χ3n) is 2.19. The molecule has 0 heterocycles. The Morgan fingerprint density at radius 1 is 1.43 bits per heavy atom. The summed E-state index contributed by atoms with van der Waals surface area (Å²) < 4.78 is 5.25. The summed E-state index contributed by atoms with van der Waals surface area (Å²) >= 11 is 6.10. The monoisotopic (exact) mass is 212 g/mol. The topological polar surface area (TPSA) is 12.5 Å². The lowest BCUT2D eigenvalue weighted by Crippen LogP contribution is -2.18. The van der Waals surface area contributed by atoms with Crippen LogP contribution in [-0.4, -0.2) is 26.1 Å². The fraction of sp³-hybridized carbons (Fsp3) is 0.364. The van der Waals surface area contributed by atoms with Crippen LogP contribution in [0.15, 0.2) is 18.2 Å².